The van der Waals surface area contributed by atoms with Crippen molar-refractivity contribution in [1.29, 1.82) is 0 Å². The number of hydrogen-bond acceptors (Lipinski definition) is 4. The van der Waals surface area contributed by atoms with Crippen molar-refractivity contribution in [2.75, 3.05) is 12.3 Å². The first-order valence-corrected chi connectivity index (χ1v) is 5.04. The van der Waals surface area contributed by atoms with Crippen molar-refractivity contribution in [1.82, 2.24) is 10.3 Å². The first kappa shape index (κ1) is 11.0. The zero-order valence-electron chi connectivity index (χ0n) is 9.08. The summed E-state index contributed by atoms with van der Waals surface area (Å²) in [5.41, 5.74) is 5.39. The molecule has 4 heteroatoms. The van der Waals surface area contributed by atoms with Crippen molar-refractivity contribution in [3.63, 3.8) is 0 Å². The van der Waals surface area contributed by atoms with Gasteiger partial charge in [-0.1, -0.05) is 13.8 Å². The number of nitrogens with zero attached hydrogens (tertiary/aromatic N) is 1. The fourth-order valence-corrected chi connectivity index (χ4v) is 1.19. The summed E-state index contributed by atoms with van der Waals surface area (Å²) in [6.07, 6.45) is 2.83. The topological polar surface area (TPSA) is 64.1 Å². The lowest BCUT2D eigenvalue weighted by Gasteiger charge is -2.11. The number of nitrogens with one attached hydrogen (secondary N) is 1. The molecule has 4 nitrogen and oxygen atoms in total. The first-order valence-electron chi connectivity index (χ1n) is 5.04. The highest BCUT2D eigenvalue weighted by atomic mass is 16.4. The summed E-state index contributed by atoms with van der Waals surface area (Å²) in [5, 5.41) is 3.35. The quantitative estimate of drug-likeness (QED) is 0.757. The van der Waals surface area contributed by atoms with Gasteiger partial charge in [-0.25, -0.2) is 4.98 Å². The number of nitrogen functional groups attached to an aromatic ring is 1. The van der Waals surface area contributed by atoms with E-state index in [2.05, 4.69) is 24.1 Å². The lowest BCUT2D eigenvalue weighted by atomic mass is 10.1. The van der Waals surface area contributed by atoms with Gasteiger partial charge in [-0.3, -0.25) is 0 Å². The van der Waals surface area contributed by atoms with Crippen LogP contribution in [0.25, 0.3) is 0 Å². The molecule has 1 heterocycles. The highest BCUT2D eigenvalue weighted by Gasteiger charge is 2.09. The molecule has 1 unspecified atom stereocenters. The number of hydrogen-bond donors (Lipinski definition) is 2. The first-order chi connectivity index (χ1) is 6.59. The second-order valence-corrected chi connectivity index (χ2v) is 3.96. The molecule has 80 valence electrons. The zero-order chi connectivity index (χ0) is 10.6. The van der Waals surface area contributed by atoms with Crippen molar-refractivity contribution in [3.05, 3.63) is 12.0 Å². The number of nitrogens with two attached hydrogens (primary N) is 1. The van der Waals surface area contributed by atoms with Crippen LogP contribution in [0, 0.1) is 5.92 Å². The Hall–Kier alpha value is -1.03. The molecule has 3 N–H and O–H groups in total. The molecule has 0 radical (unpaired) electrons. The van der Waals surface area contributed by atoms with Crippen molar-refractivity contribution in [2.45, 2.75) is 33.2 Å². The molecule has 0 saturated heterocycles. The molecular formula is C10H19N3O. The van der Waals surface area contributed by atoms with E-state index in [4.69, 9.17) is 10.2 Å². The molecule has 1 aromatic heterocycles. The monoisotopic (exact) mass is 197 g/mol. The normalized spacial score (nSPS) is 13.4. The van der Waals surface area contributed by atoms with Crippen LogP contribution in [0.2, 0.25) is 0 Å². The Bertz CT molecular complexity index is 270. The van der Waals surface area contributed by atoms with Gasteiger partial charge < -0.3 is 15.5 Å². The van der Waals surface area contributed by atoms with Gasteiger partial charge in [-0.05, 0) is 25.8 Å². The van der Waals surface area contributed by atoms with Crippen LogP contribution in [-0.2, 0) is 0 Å². The van der Waals surface area contributed by atoms with E-state index in [9.17, 15) is 0 Å². The minimum Gasteiger partial charge on any atom is -0.427 e. The van der Waals surface area contributed by atoms with Gasteiger partial charge in [-0.2, -0.15) is 0 Å². The van der Waals surface area contributed by atoms with E-state index in [1.165, 1.54) is 0 Å². The molecule has 0 aliphatic heterocycles. The average Bonchev–Trinajstić information content (AvgIpc) is 2.51. The maximum absolute atomic E-state index is 5.39. The Morgan fingerprint density at radius 3 is 2.71 bits per heavy atom. The minimum atomic E-state index is 0.179. The van der Waals surface area contributed by atoms with Crippen LogP contribution in [-0.4, -0.2) is 11.5 Å². The van der Waals surface area contributed by atoms with E-state index in [1.54, 1.807) is 6.20 Å². The summed E-state index contributed by atoms with van der Waals surface area (Å²) >= 11 is 0. The molecular weight excluding hydrogens is 178 g/mol. The average molecular weight is 197 g/mol. The van der Waals surface area contributed by atoms with Crippen molar-refractivity contribution in [3.8, 4) is 0 Å². The second-order valence-electron chi connectivity index (χ2n) is 3.96. The summed E-state index contributed by atoms with van der Waals surface area (Å²) in [5.74, 6) is 1.51. The minimum absolute atomic E-state index is 0.179. The fourth-order valence-electron chi connectivity index (χ4n) is 1.19. The van der Waals surface area contributed by atoms with Crippen LogP contribution >= 0.6 is 0 Å². The predicted octanol–water partition coefficient (Wildman–Crippen LogP) is 1.95. The van der Waals surface area contributed by atoms with E-state index >= 15 is 0 Å². The third-order valence-corrected chi connectivity index (χ3v) is 2.14. The maximum atomic E-state index is 5.39. The smallest absolute Gasteiger partial charge is 0.292 e. The van der Waals surface area contributed by atoms with E-state index < -0.39 is 0 Å². The van der Waals surface area contributed by atoms with Gasteiger partial charge in [0, 0.05) is 0 Å². The molecule has 0 bridgehead atoms. The van der Waals surface area contributed by atoms with E-state index in [1.807, 2.05) is 6.92 Å². The Balaban J connectivity index is 2.32. The molecule has 0 aliphatic carbocycles. The number of aromatic nitrogens is 1. The van der Waals surface area contributed by atoms with Gasteiger partial charge >= 0.3 is 0 Å². The second kappa shape index (κ2) is 5.00. The summed E-state index contributed by atoms with van der Waals surface area (Å²) in [4.78, 5) is 3.85. The molecule has 0 fully saturated rings. The van der Waals surface area contributed by atoms with Crippen molar-refractivity contribution < 1.29 is 4.42 Å². The highest BCUT2D eigenvalue weighted by molar-refractivity contribution is 5.12. The van der Waals surface area contributed by atoms with Crippen LogP contribution in [0.1, 0.15) is 39.0 Å². The SMILES string of the molecule is CC(C)CCNC(C)c1cnc(N)o1. The third-order valence-electron chi connectivity index (χ3n) is 2.14. The fraction of sp³-hybridized carbons (Fsp3) is 0.700. The van der Waals surface area contributed by atoms with Crippen LogP contribution in [0.3, 0.4) is 0 Å². The Morgan fingerprint density at radius 1 is 1.50 bits per heavy atom. The molecule has 0 aliphatic rings. The van der Waals surface area contributed by atoms with Crippen LogP contribution in [0.4, 0.5) is 6.01 Å². The number of anilines is 1. The maximum Gasteiger partial charge on any atom is 0.292 e. The molecule has 0 aromatic carbocycles. The number of rotatable bonds is 5. The van der Waals surface area contributed by atoms with E-state index in [0.717, 1.165) is 24.6 Å². The van der Waals surface area contributed by atoms with Gasteiger partial charge in [0.15, 0.2) is 0 Å². The van der Waals surface area contributed by atoms with Gasteiger partial charge in [0.25, 0.3) is 6.01 Å². The lowest BCUT2D eigenvalue weighted by molar-refractivity contribution is 0.423. The molecule has 0 saturated carbocycles. The lowest BCUT2D eigenvalue weighted by Crippen LogP contribution is -2.20. The third kappa shape index (κ3) is 3.38. The van der Waals surface area contributed by atoms with Crippen molar-refractivity contribution in [2.24, 2.45) is 5.92 Å². The molecule has 1 atom stereocenters. The molecule has 0 amide bonds. The Kier molecular flexibility index (Phi) is 3.95. The summed E-state index contributed by atoms with van der Waals surface area (Å²) in [7, 11) is 0. The van der Waals surface area contributed by atoms with Crippen LogP contribution in [0.15, 0.2) is 10.6 Å². The van der Waals surface area contributed by atoms with Crippen molar-refractivity contribution >= 4 is 6.01 Å². The van der Waals surface area contributed by atoms with Crippen LogP contribution in [0.5, 0.6) is 0 Å². The summed E-state index contributed by atoms with van der Waals surface area (Å²) in [6.45, 7) is 7.44. The standard InChI is InChI=1S/C10H19N3O/c1-7(2)4-5-12-8(3)9-6-13-10(11)14-9/h6-8,12H,4-5H2,1-3H3,(H2,11,13). The van der Waals surface area contributed by atoms with Gasteiger partial charge in [0.1, 0.15) is 5.76 Å². The van der Waals surface area contributed by atoms with Crippen LogP contribution < -0.4 is 11.1 Å². The predicted molar refractivity (Wildman–Crippen MR) is 56.8 cm³/mol. The van der Waals surface area contributed by atoms with Gasteiger partial charge in [0.05, 0.1) is 12.2 Å². The molecule has 1 rings (SSSR count). The molecule has 14 heavy (non-hydrogen) atoms. The molecule has 1 aromatic rings. The number of oxazole rings is 1. The van der Waals surface area contributed by atoms with E-state index in [0.29, 0.717) is 0 Å². The highest BCUT2D eigenvalue weighted by Crippen LogP contribution is 2.14. The summed E-state index contributed by atoms with van der Waals surface area (Å²) < 4.78 is 5.21. The zero-order valence-corrected chi connectivity index (χ0v) is 9.08. The summed E-state index contributed by atoms with van der Waals surface area (Å²) in [6, 6.07) is 0.413. The largest absolute Gasteiger partial charge is 0.427 e. The Morgan fingerprint density at radius 2 is 2.21 bits per heavy atom. The molecule has 0 spiro atoms. The van der Waals surface area contributed by atoms with Gasteiger partial charge in [-0.15, -0.1) is 0 Å². The van der Waals surface area contributed by atoms with Gasteiger partial charge in [0.2, 0.25) is 0 Å². The Labute approximate surface area is 84.9 Å². The van der Waals surface area contributed by atoms with E-state index in [-0.39, 0.29) is 12.1 Å².